The summed E-state index contributed by atoms with van der Waals surface area (Å²) in [5, 5.41) is 3.33. The molecule has 2 aromatic rings. The molecule has 2 aromatic heterocycles. The van der Waals surface area contributed by atoms with Crippen LogP contribution in [-0.2, 0) is 0 Å². The Morgan fingerprint density at radius 2 is 2.12 bits per heavy atom. The van der Waals surface area contributed by atoms with E-state index in [1.165, 1.54) is 35.9 Å². The van der Waals surface area contributed by atoms with E-state index < -0.39 is 0 Å². The molecule has 3 rings (SSSR count). The van der Waals surface area contributed by atoms with Gasteiger partial charge in [0.15, 0.2) is 0 Å². The lowest BCUT2D eigenvalue weighted by molar-refractivity contribution is 0.886. The molecule has 0 amide bonds. The summed E-state index contributed by atoms with van der Waals surface area (Å²) in [7, 11) is 0. The second-order valence-electron chi connectivity index (χ2n) is 4.40. The van der Waals surface area contributed by atoms with E-state index in [9.17, 15) is 0 Å². The summed E-state index contributed by atoms with van der Waals surface area (Å²) in [6, 6.07) is 2.17. The minimum atomic E-state index is 0.375. The minimum absolute atomic E-state index is 0.375. The maximum atomic E-state index is 5.99. The molecular formula is C12H13ClN2S2. The molecule has 0 bridgehead atoms. The lowest BCUT2D eigenvalue weighted by Crippen LogP contribution is -1.96. The average molecular weight is 285 g/mol. The second-order valence-corrected chi connectivity index (χ2v) is 7.26. The smallest absolute Gasteiger partial charge is 0.211 e. The predicted octanol–water partition coefficient (Wildman–Crippen LogP) is 4.69. The number of fused-ring (bicyclic) bond motifs is 1. The van der Waals surface area contributed by atoms with Gasteiger partial charge in [-0.1, -0.05) is 12.8 Å². The molecule has 1 aliphatic carbocycles. The molecule has 90 valence electrons. The Kier molecular flexibility index (Phi) is 3.28. The van der Waals surface area contributed by atoms with Gasteiger partial charge < -0.3 is 0 Å². The van der Waals surface area contributed by atoms with Gasteiger partial charge in [0.1, 0.15) is 9.86 Å². The molecule has 2 heterocycles. The van der Waals surface area contributed by atoms with Crippen molar-refractivity contribution in [3.05, 3.63) is 16.2 Å². The van der Waals surface area contributed by atoms with Gasteiger partial charge in [-0.3, -0.25) is 0 Å². The fourth-order valence-electron chi connectivity index (χ4n) is 2.24. The molecule has 1 saturated carbocycles. The van der Waals surface area contributed by atoms with Gasteiger partial charge in [0.25, 0.3) is 0 Å². The molecule has 0 aliphatic heterocycles. The van der Waals surface area contributed by atoms with E-state index in [4.69, 9.17) is 11.6 Å². The molecular weight excluding hydrogens is 272 g/mol. The fraction of sp³-hybridized carbons (Fsp3) is 0.500. The summed E-state index contributed by atoms with van der Waals surface area (Å²) in [5.41, 5.74) is 0. The first-order valence-corrected chi connectivity index (χ1v) is 7.90. The number of aryl methyl sites for hydroxylation is 1. The average Bonchev–Trinajstić information content (AvgIpc) is 2.86. The van der Waals surface area contributed by atoms with E-state index in [-0.39, 0.29) is 0 Å². The lowest BCUT2D eigenvalue weighted by atomic mass is 10.4. The van der Waals surface area contributed by atoms with Gasteiger partial charge in [0, 0.05) is 15.5 Å². The van der Waals surface area contributed by atoms with Crippen LogP contribution in [0, 0.1) is 6.92 Å². The molecule has 0 N–H and O–H groups in total. The van der Waals surface area contributed by atoms with Gasteiger partial charge in [-0.15, -0.1) is 23.1 Å². The van der Waals surface area contributed by atoms with Crippen molar-refractivity contribution in [1.29, 1.82) is 0 Å². The summed E-state index contributed by atoms with van der Waals surface area (Å²) < 4.78 is 0. The van der Waals surface area contributed by atoms with E-state index in [2.05, 4.69) is 23.0 Å². The first-order chi connectivity index (χ1) is 8.22. The normalized spacial score (nSPS) is 17.1. The molecule has 0 spiro atoms. The summed E-state index contributed by atoms with van der Waals surface area (Å²) in [5.74, 6) is 0. The van der Waals surface area contributed by atoms with Crippen LogP contribution in [-0.4, -0.2) is 15.2 Å². The van der Waals surface area contributed by atoms with Gasteiger partial charge >= 0.3 is 0 Å². The first-order valence-electron chi connectivity index (χ1n) is 5.83. The van der Waals surface area contributed by atoms with Crippen molar-refractivity contribution in [3.63, 3.8) is 0 Å². The Balaban J connectivity index is 2.01. The number of hydrogen-bond donors (Lipinski definition) is 0. The monoisotopic (exact) mass is 284 g/mol. The van der Waals surface area contributed by atoms with Gasteiger partial charge in [-0.05, 0) is 37.4 Å². The summed E-state index contributed by atoms with van der Waals surface area (Å²) in [4.78, 5) is 11.0. The quantitative estimate of drug-likeness (QED) is 0.591. The van der Waals surface area contributed by atoms with E-state index in [0.717, 1.165) is 9.86 Å². The van der Waals surface area contributed by atoms with Crippen LogP contribution in [0.4, 0.5) is 0 Å². The Hall–Kier alpha value is -0.320. The van der Waals surface area contributed by atoms with Gasteiger partial charge in [-0.25, -0.2) is 9.97 Å². The van der Waals surface area contributed by atoms with E-state index in [0.29, 0.717) is 10.5 Å². The molecule has 0 atom stereocenters. The minimum Gasteiger partial charge on any atom is -0.211 e. The molecule has 1 aliphatic rings. The van der Waals surface area contributed by atoms with Crippen LogP contribution < -0.4 is 0 Å². The predicted molar refractivity (Wildman–Crippen MR) is 75.3 cm³/mol. The van der Waals surface area contributed by atoms with Crippen LogP contribution >= 0.6 is 34.7 Å². The van der Waals surface area contributed by atoms with Crippen molar-refractivity contribution in [2.45, 2.75) is 42.9 Å². The van der Waals surface area contributed by atoms with Crippen molar-refractivity contribution < 1.29 is 0 Å². The van der Waals surface area contributed by atoms with Crippen molar-refractivity contribution >= 4 is 44.9 Å². The third-order valence-electron chi connectivity index (χ3n) is 3.03. The lowest BCUT2D eigenvalue weighted by Gasteiger charge is -2.08. The van der Waals surface area contributed by atoms with E-state index in [1.54, 1.807) is 11.3 Å². The maximum absolute atomic E-state index is 5.99. The number of halogens is 1. The number of hydrogen-bond acceptors (Lipinski definition) is 4. The largest absolute Gasteiger partial charge is 0.224 e. The topological polar surface area (TPSA) is 25.8 Å². The van der Waals surface area contributed by atoms with Crippen LogP contribution in [0.1, 0.15) is 30.6 Å². The van der Waals surface area contributed by atoms with Gasteiger partial charge in [-0.2, -0.15) is 0 Å². The van der Waals surface area contributed by atoms with Crippen LogP contribution in [0.3, 0.4) is 0 Å². The number of aromatic nitrogens is 2. The fourth-order valence-corrected chi connectivity index (χ4v) is 4.76. The zero-order valence-electron chi connectivity index (χ0n) is 9.57. The first kappa shape index (κ1) is 11.8. The van der Waals surface area contributed by atoms with Crippen molar-refractivity contribution in [2.24, 2.45) is 0 Å². The van der Waals surface area contributed by atoms with Crippen LogP contribution in [0.15, 0.2) is 11.1 Å². The Morgan fingerprint density at radius 3 is 2.88 bits per heavy atom. The maximum Gasteiger partial charge on any atom is 0.224 e. The molecule has 0 aromatic carbocycles. The zero-order chi connectivity index (χ0) is 11.8. The highest BCUT2D eigenvalue weighted by Gasteiger charge is 2.19. The van der Waals surface area contributed by atoms with Gasteiger partial charge in [0.05, 0.1) is 0 Å². The zero-order valence-corrected chi connectivity index (χ0v) is 12.0. The summed E-state index contributed by atoms with van der Waals surface area (Å²) >= 11 is 9.56. The molecule has 0 unspecified atom stereocenters. The SMILES string of the molecule is Cc1cc2c(SC3CCCC3)nc(Cl)nc2s1. The summed E-state index contributed by atoms with van der Waals surface area (Å²) in [6.45, 7) is 2.10. The van der Waals surface area contributed by atoms with Crippen LogP contribution in [0.2, 0.25) is 5.28 Å². The van der Waals surface area contributed by atoms with Crippen LogP contribution in [0.5, 0.6) is 0 Å². The van der Waals surface area contributed by atoms with Gasteiger partial charge in [0.2, 0.25) is 5.28 Å². The van der Waals surface area contributed by atoms with Crippen LogP contribution in [0.25, 0.3) is 10.2 Å². The number of rotatable bonds is 2. The third kappa shape index (κ3) is 2.44. The molecule has 0 saturated heterocycles. The van der Waals surface area contributed by atoms with E-state index >= 15 is 0 Å². The highest BCUT2D eigenvalue weighted by atomic mass is 35.5. The number of thioether (sulfide) groups is 1. The molecule has 2 nitrogen and oxygen atoms in total. The molecule has 0 radical (unpaired) electrons. The van der Waals surface area contributed by atoms with Crippen molar-refractivity contribution in [2.75, 3.05) is 0 Å². The number of nitrogens with zero attached hydrogens (tertiary/aromatic N) is 2. The third-order valence-corrected chi connectivity index (χ3v) is 5.49. The summed E-state index contributed by atoms with van der Waals surface area (Å²) in [6.07, 6.45) is 5.30. The van der Waals surface area contributed by atoms with Crippen molar-refractivity contribution in [3.8, 4) is 0 Å². The second kappa shape index (κ2) is 4.75. The Labute approximate surface area is 114 Å². The Morgan fingerprint density at radius 1 is 1.35 bits per heavy atom. The van der Waals surface area contributed by atoms with Crippen molar-refractivity contribution in [1.82, 2.24) is 9.97 Å². The Bertz CT molecular complexity index is 547. The number of thiophene rings is 1. The highest BCUT2D eigenvalue weighted by molar-refractivity contribution is 8.00. The standard InChI is InChI=1S/C12H13ClN2S2/c1-7-6-9-10(16-7)14-12(13)15-11(9)17-8-4-2-3-5-8/h6,8H,2-5H2,1H3. The highest BCUT2D eigenvalue weighted by Crippen LogP contribution is 2.38. The molecule has 5 heteroatoms. The molecule has 17 heavy (non-hydrogen) atoms. The van der Waals surface area contributed by atoms with E-state index in [1.807, 2.05) is 11.8 Å². The molecule has 1 fully saturated rings.